The molecular weight excluding hydrogens is 455 g/mol. The number of hydrogen-bond acceptors (Lipinski definition) is 6. The number of benzene rings is 2. The van der Waals surface area contributed by atoms with Gasteiger partial charge in [-0.2, -0.15) is 15.4 Å². The first-order valence-corrected chi connectivity index (χ1v) is 10.6. The minimum Gasteiger partial charge on any atom is -0.445 e. The van der Waals surface area contributed by atoms with Crippen molar-refractivity contribution in [3.8, 4) is 5.75 Å². The van der Waals surface area contributed by atoms with Crippen LogP contribution in [0.1, 0.15) is 15.9 Å². The van der Waals surface area contributed by atoms with Crippen LogP contribution in [0.2, 0.25) is 0 Å². The molecular formula is C22H20F3N5O4. The van der Waals surface area contributed by atoms with Gasteiger partial charge in [-0.3, -0.25) is 4.79 Å². The van der Waals surface area contributed by atoms with Crippen molar-refractivity contribution in [3.63, 3.8) is 0 Å². The van der Waals surface area contributed by atoms with Crippen LogP contribution >= 0.6 is 0 Å². The van der Waals surface area contributed by atoms with E-state index in [4.69, 9.17) is 4.74 Å². The fourth-order valence-electron chi connectivity index (χ4n) is 4.49. The molecule has 0 saturated carbocycles. The van der Waals surface area contributed by atoms with Crippen LogP contribution in [0.5, 0.6) is 5.75 Å². The molecule has 3 aromatic rings. The van der Waals surface area contributed by atoms with Gasteiger partial charge in [0, 0.05) is 43.6 Å². The van der Waals surface area contributed by atoms with E-state index in [2.05, 4.69) is 20.1 Å². The summed E-state index contributed by atoms with van der Waals surface area (Å²) < 4.78 is 45.9. The summed E-state index contributed by atoms with van der Waals surface area (Å²) in [6.07, 6.45) is -5.24. The Morgan fingerprint density at radius 2 is 1.59 bits per heavy atom. The van der Waals surface area contributed by atoms with Crippen molar-refractivity contribution in [1.82, 2.24) is 25.2 Å². The summed E-state index contributed by atoms with van der Waals surface area (Å²) in [6, 6.07) is 10.3. The topological polar surface area (TPSA) is 101 Å². The van der Waals surface area contributed by atoms with E-state index in [0.29, 0.717) is 48.3 Å². The van der Waals surface area contributed by atoms with Gasteiger partial charge in [0.05, 0.1) is 0 Å². The number of nitrogens with zero attached hydrogens (tertiary/aromatic N) is 4. The largest absolute Gasteiger partial charge is 0.573 e. The Bertz CT molecular complexity index is 1200. The first kappa shape index (κ1) is 22.0. The maximum absolute atomic E-state index is 12.9. The average molecular weight is 475 g/mol. The van der Waals surface area contributed by atoms with Crippen LogP contribution in [0.25, 0.3) is 11.0 Å². The first-order chi connectivity index (χ1) is 16.2. The fraction of sp³-hybridized carbons (Fsp3) is 0.364. The summed E-state index contributed by atoms with van der Waals surface area (Å²) in [7, 11) is 0. The maximum atomic E-state index is 12.9. The third-order valence-corrected chi connectivity index (χ3v) is 6.11. The standard InChI is InChI=1S/C22H20F3N5O4/c23-22(24,25)34-17-4-1-13(2-5-17)12-33-21(32)30-10-15-8-29(9-16(15)11-30)20(31)14-3-6-18-19(7-14)27-28-26-18/h1-7,15-16H,8-12H2,(H,26,27,28). The van der Waals surface area contributed by atoms with Gasteiger partial charge in [-0.25, -0.2) is 4.79 Å². The smallest absolute Gasteiger partial charge is 0.445 e. The Morgan fingerprint density at radius 1 is 0.941 bits per heavy atom. The Morgan fingerprint density at radius 3 is 2.26 bits per heavy atom. The molecule has 34 heavy (non-hydrogen) atoms. The lowest BCUT2D eigenvalue weighted by Gasteiger charge is -2.21. The van der Waals surface area contributed by atoms with Crippen LogP contribution in [0, 0.1) is 11.8 Å². The molecule has 2 aromatic carbocycles. The zero-order valence-corrected chi connectivity index (χ0v) is 17.8. The number of amides is 2. The number of rotatable bonds is 4. The second-order valence-corrected chi connectivity index (χ2v) is 8.41. The number of aromatic amines is 1. The molecule has 2 amide bonds. The Balaban J connectivity index is 1.11. The molecule has 2 aliphatic heterocycles. The van der Waals surface area contributed by atoms with E-state index in [-0.39, 0.29) is 30.1 Å². The molecule has 12 heteroatoms. The summed E-state index contributed by atoms with van der Waals surface area (Å²) in [5.41, 5.74) is 2.41. The Kier molecular flexibility index (Phi) is 5.50. The maximum Gasteiger partial charge on any atom is 0.573 e. The van der Waals surface area contributed by atoms with E-state index < -0.39 is 12.5 Å². The molecule has 1 N–H and O–H groups in total. The monoisotopic (exact) mass is 475 g/mol. The summed E-state index contributed by atoms with van der Waals surface area (Å²) in [5.74, 6) is -0.0986. The van der Waals surface area contributed by atoms with E-state index in [1.807, 2.05) is 0 Å². The minimum absolute atomic E-state index is 0.0634. The lowest BCUT2D eigenvalue weighted by Crippen LogP contribution is -2.35. The average Bonchev–Trinajstić information content (AvgIpc) is 3.51. The highest BCUT2D eigenvalue weighted by Gasteiger charge is 2.43. The molecule has 2 atom stereocenters. The molecule has 178 valence electrons. The number of alkyl halides is 3. The number of fused-ring (bicyclic) bond motifs is 2. The van der Waals surface area contributed by atoms with Gasteiger partial charge in [0.15, 0.2) is 0 Å². The summed E-state index contributed by atoms with van der Waals surface area (Å²) in [6.45, 7) is 1.99. The van der Waals surface area contributed by atoms with E-state index in [1.54, 1.807) is 28.0 Å². The highest BCUT2D eigenvalue weighted by atomic mass is 19.4. The molecule has 0 spiro atoms. The molecule has 9 nitrogen and oxygen atoms in total. The van der Waals surface area contributed by atoms with Crippen molar-refractivity contribution in [1.29, 1.82) is 0 Å². The van der Waals surface area contributed by atoms with Gasteiger partial charge in [0.1, 0.15) is 23.4 Å². The molecule has 2 aliphatic rings. The van der Waals surface area contributed by atoms with E-state index in [1.165, 1.54) is 24.3 Å². The van der Waals surface area contributed by atoms with Crippen LogP contribution in [0.4, 0.5) is 18.0 Å². The van der Waals surface area contributed by atoms with Crippen molar-refractivity contribution in [2.24, 2.45) is 11.8 Å². The second kappa shape index (κ2) is 8.50. The van der Waals surface area contributed by atoms with Crippen molar-refractivity contribution in [3.05, 3.63) is 53.6 Å². The molecule has 2 unspecified atom stereocenters. The number of likely N-dealkylation sites (tertiary alicyclic amines) is 2. The number of halogens is 3. The van der Waals surface area contributed by atoms with Gasteiger partial charge in [-0.15, -0.1) is 13.2 Å². The zero-order chi connectivity index (χ0) is 23.9. The van der Waals surface area contributed by atoms with Gasteiger partial charge in [0.25, 0.3) is 5.91 Å². The van der Waals surface area contributed by atoms with Gasteiger partial charge in [0.2, 0.25) is 0 Å². The third kappa shape index (κ3) is 4.61. The number of ether oxygens (including phenoxy) is 2. The van der Waals surface area contributed by atoms with Gasteiger partial charge >= 0.3 is 12.5 Å². The van der Waals surface area contributed by atoms with Crippen molar-refractivity contribution < 1.29 is 32.2 Å². The highest BCUT2D eigenvalue weighted by molar-refractivity contribution is 5.97. The van der Waals surface area contributed by atoms with Crippen LogP contribution in [0.3, 0.4) is 0 Å². The van der Waals surface area contributed by atoms with Crippen LogP contribution < -0.4 is 4.74 Å². The lowest BCUT2D eigenvalue weighted by molar-refractivity contribution is -0.274. The van der Waals surface area contributed by atoms with Crippen molar-refractivity contribution >= 4 is 23.0 Å². The van der Waals surface area contributed by atoms with Crippen LogP contribution in [-0.4, -0.2) is 69.8 Å². The molecule has 5 rings (SSSR count). The lowest BCUT2D eigenvalue weighted by atomic mass is 10.0. The quantitative estimate of drug-likeness (QED) is 0.622. The third-order valence-electron chi connectivity index (χ3n) is 6.11. The molecule has 0 aliphatic carbocycles. The number of carbonyl (C=O) groups is 2. The van der Waals surface area contributed by atoms with Crippen molar-refractivity contribution in [2.45, 2.75) is 13.0 Å². The van der Waals surface area contributed by atoms with E-state index >= 15 is 0 Å². The first-order valence-electron chi connectivity index (χ1n) is 10.6. The normalized spacial score (nSPS) is 20.0. The second-order valence-electron chi connectivity index (χ2n) is 8.41. The van der Waals surface area contributed by atoms with E-state index in [9.17, 15) is 22.8 Å². The number of hydrogen-bond donors (Lipinski definition) is 1. The zero-order valence-electron chi connectivity index (χ0n) is 17.8. The van der Waals surface area contributed by atoms with Crippen molar-refractivity contribution in [2.75, 3.05) is 26.2 Å². The molecule has 1 aromatic heterocycles. The summed E-state index contributed by atoms with van der Waals surface area (Å²) in [4.78, 5) is 28.8. The van der Waals surface area contributed by atoms with Crippen LogP contribution in [0.15, 0.2) is 42.5 Å². The molecule has 0 bridgehead atoms. The summed E-state index contributed by atoms with van der Waals surface area (Å²) >= 11 is 0. The van der Waals surface area contributed by atoms with Gasteiger partial charge in [-0.05, 0) is 35.9 Å². The highest BCUT2D eigenvalue weighted by Crippen LogP contribution is 2.32. The number of aromatic nitrogens is 3. The molecule has 2 saturated heterocycles. The summed E-state index contributed by atoms with van der Waals surface area (Å²) in [5, 5.41) is 10.5. The molecule has 0 radical (unpaired) electrons. The SMILES string of the molecule is O=C(OCc1ccc(OC(F)(F)F)cc1)N1CC2CN(C(=O)c3ccc4n[nH]nc4c3)CC2C1. The van der Waals surface area contributed by atoms with Gasteiger partial charge in [-0.1, -0.05) is 12.1 Å². The minimum atomic E-state index is -4.76. The molecule has 2 fully saturated rings. The number of H-pyrrole nitrogens is 1. The predicted molar refractivity (Wildman–Crippen MR) is 112 cm³/mol. The molecule has 3 heterocycles. The fourth-order valence-corrected chi connectivity index (χ4v) is 4.49. The predicted octanol–water partition coefficient (Wildman–Crippen LogP) is 3.20. The van der Waals surface area contributed by atoms with E-state index in [0.717, 1.165) is 0 Å². The number of carbonyl (C=O) groups excluding carboxylic acids is 2. The van der Waals surface area contributed by atoms with Gasteiger partial charge < -0.3 is 19.3 Å². The number of nitrogens with one attached hydrogen (secondary N) is 1. The Hall–Kier alpha value is -3.83. The Labute approximate surface area is 191 Å². The van der Waals surface area contributed by atoms with Crippen LogP contribution in [-0.2, 0) is 11.3 Å².